The fourth-order valence-electron chi connectivity index (χ4n) is 3.21. The average Bonchev–Trinajstić information content (AvgIpc) is 2.90. The summed E-state index contributed by atoms with van der Waals surface area (Å²) >= 11 is 0. The molecule has 3 atom stereocenters. The van der Waals surface area contributed by atoms with Gasteiger partial charge in [0, 0.05) is 13.0 Å². The molecule has 0 fully saturated rings. The van der Waals surface area contributed by atoms with Crippen LogP contribution in [0.15, 0.2) is 55.6 Å². The Bertz CT molecular complexity index is 894. The minimum Gasteiger partial charge on any atom is -0.462 e. The van der Waals surface area contributed by atoms with Crippen molar-refractivity contribution in [1.29, 1.82) is 0 Å². The van der Waals surface area contributed by atoms with E-state index in [-0.39, 0.29) is 70.7 Å². The highest BCUT2D eigenvalue weighted by Crippen LogP contribution is 2.10. The van der Waals surface area contributed by atoms with Crippen LogP contribution < -0.4 is 16.0 Å². The van der Waals surface area contributed by atoms with Crippen molar-refractivity contribution in [1.82, 2.24) is 16.0 Å². The molecule has 0 aliphatic carbocycles. The molecule has 11 nitrogen and oxygen atoms in total. The fraction of sp³-hybridized carbons (Fsp3) is 0.481. The number of carbonyl (C=O) groups is 4. The van der Waals surface area contributed by atoms with Gasteiger partial charge >= 0.3 is 12.1 Å². The number of allylic oxidation sites excluding steroid dienone is 1. The molecular formula is C27H39N3O8. The van der Waals surface area contributed by atoms with Gasteiger partial charge in [0.05, 0.1) is 31.8 Å². The van der Waals surface area contributed by atoms with E-state index in [0.717, 1.165) is 5.56 Å². The lowest BCUT2D eigenvalue weighted by Gasteiger charge is -2.21. The summed E-state index contributed by atoms with van der Waals surface area (Å²) in [6, 6.07) is 7.54. The first kappa shape index (κ1) is 32.3. The van der Waals surface area contributed by atoms with Crippen molar-refractivity contribution < 1.29 is 38.5 Å². The molecule has 0 aromatic heterocycles. The summed E-state index contributed by atoms with van der Waals surface area (Å²) in [6.45, 7) is 9.38. The van der Waals surface area contributed by atoms with Crippen LogP contribution in [0, 0.1) is 5.92 Å². The predicted octanol–water partition coefficient (Wildman–Crippen LogP) is 1.61. The van der Waals surface area contributed by atoms with Crippen LogP contribution >= 0.6 is 0 Å². The summed E-state index contributed by atoms with van der Waals surface area (Å²) in [6.07, 6.45) is 2.60. The van der Waals surface area contributed by atoms with E-state index in [1.807, 2.05) is 18.2 Å². The number of alkyl carbamates (subject to hydrolysis) is 1. The molecule has 1 aromatic rings. The van der Waals surface area contributed by atoms with Crippen LogP contribution in [0.3, 0.4) is 0 Å². The first-order valence-electron chi connectivity index (χ1n) is 12.4. The van der Waals surface area contributed by atoms with Crippen LogP contribution in [0.1, 0.15) is 31.7 Å². The zero-order valence-corrected chi connectivity index (χ0v) is 21.9. The van der Waals surface area contributed by atoms with Gasteiger partial charge in [-0.15, -0.1) is 13.2 Å². The van der Waals surface area contributed by atoms with Gasteiger partial charge < -0.3 is 35.3 Å². The maximum atomic E-state index is 12.7. The third kappa shape index (κ3) is 14.1. The highest BCUT2D eigenvalue weighted by Gasteiger charge is 2.25. The summed E-state index contributed by atoms with van der Waals surface area (Å²) in [4.78, 5) is 49.5. The Morgan fingerprint density at radius 1 is 1.00 bits per heavy atom. The molecule has 0 bridgehead atoms. The van der Waals surface area contributed by atoms with Crippen LogP contribution in [0.2, 0.25) is 0 Å². The molecule has 38 heavy (non-hydrogen) atoms. The summed E-state index contributed by atoms with van der Waals surface area (Å²) in [7, 11) is 0. The van der Waals surface area contributed by atoms with Crippen molar-refractivity contribution in [2.75, 3.05) is 33.0 Å². The standard InChI is InChI=1S/C27H39N3O8/c1-4-9-22(17-24(32)28-13-15-36-16-14-31)25(33)29-20(3)18-37-26(34)23(10-5-2)30-27(35)38-19-21-11-7-6-8-12-21/h4-8,11-12,20,22-23,31H,1-2,9-10,13-19H2,3H3,(H,28,32)(H,29,33)(H,30,35)/t20-,22+,23+/m0/s1. The number of aliphatic hydroxyl groups excluding tert-OH is 1. The maximum Gasteiger partial charge on any atom is 0.408 e. The molecule has 3 amide bonds. The van der Waals surface area contributed by atoms with Crippen molar-refractivity contribution in [3.05, 3.63) is 61.2 Å². The van der Waals surface area contributed by atoms with Crippen molar-refractivity contribution in [2.45, 2.75) is 44.9 Å². The van der Waals surface area contributed by atoms with Crippen LogP contribution in [-0.4, -0.2) is 74.0 Å². The topological polar surface area (TPSA) is 152 Å². The lowest BCUT2D eigenvalue weighted by atomic mass is 9.99. The molecule has 210 valence electrons. The van der Waals surface area contributed by atoms with E-state index >= 15 is 0 Å². The molecular weight excluding hydrogens is 494 g/mol. The van der Waals surface area contributed by atoms with Crippen molar-refractivity contribution in [3.8, 4) is 0 Å². The quantitative estimate of drug-likeness (QED) is 0.119. The normalized spacial score (nSPS) is 12.8. The summed E-state index contributed by atoms with van der Waals surface area (Å²) in [5.41, 5.74) is 0.800. The van der Waals surface area contributed by atoms with E-state index < -0.39 is 30.1 Å². The Balaban J connectivity index is 2.49. The molecule has 11 heteroatoms. The Morgan fingerprint density at radius 3 is 2.37 bits per heavy atom. The number of amides is 3. The van der Waals surface area contributed by atoms with E-state index in [1.54, 1.807) is 25.1 Å². The van der Waals surface area contributed by atoms with Gasteiger partial charge in [-0.05, 0) is 25.3 Å². The predicted molar refractivity (Wildman–Crippen MR) is 141 cm³/mol. The Morgan fingerprint density at radius 2 is 1.71 bits per heavy atom. The van der Waals surface area contributed by atoms with Crippen LogP contribution in [-0.2, 0) is 35.2 Å². The largest absolute Gasteiger partial charge is 0.462 e. The molecule has 0 radical (unpaired) electrons. The second-order valence-electron chi connectivity index (χ2n) is 8.43. The zero-order valence-electron chi connectivity index (χ0n) is 21.9. The number of carbonyl (C=O) groups excluding carboxylic acids is 4. The Labute approximate surface area is 223 Å². The molecule has 0 unspecified atom stereocenters. The first-order chi connectivity index (χ1) is 18.3. The number of esters is 1. The minimum absolute atomic E-state index is 0.0486. The zero-order chi connectivity index (χ0) is 28.2. The van der Waals surface area contributed by atoms with Gasteiger partial charge in [-0.3, -0.25) is 9.59 Å². The van der Waals surface area contributed by atoms with E-state index in [9.17, 15) is 19.2 Å². The van der Waals surface area contributed by atoms with Crippen LogP contribution in [0.25, 0.3) is 0 Å². The molecule has 0 spiro atoms. The van der Waals surface area contributed by atoms with Gasteiger partial charge in [-0.1, -0.05) is 42.5 Å². The highest BCUT2D eigenvalue weighted by molar-refractivity contribution is 5.86. The van der Waals surface area contributed by atoms with Gasteiger partial charge in [0.15, 0.2) is 0 Å². The summed E-state index contributed by atoms with van der Waals surface area (Å²) < 4.78 is 15.5. The second-order valence-corrected chi connectivity index (χ2v) is 8.43. The number of benzene rings is 1. The molecule has 0 heterocycles. The number of hydrogen-bond acceptors (Lipinski definition) is 8. The van der Waals surface area contributed by atoms with Crippen molar-refractivity contribution in [2.24, 2.45) is 5.92 Å². The van der Waals surface area contributed by atoms with E-state index in [1.165, 1.54) is 6.08 Å². The number of rotatable bonds is 19. The second kappa shape index (κ2) is 19.4. The van der Waals surface area contributed by atoms with Gasteiger partial charge in [0.2, 0.25) is 11.8 Å². The highest BCUT2D eigenvalue weighted by atomic mass is 16.6. The van der Waals surface area contributed by atoms with Crippen LogP contribution in [0.4, 0.5) is 4.79 Å². The fourth-order valence-corrected chi connectivity index (χ4v) is 3.21. The van der Waals surface area contributed by atoms with Crippen molar-refractivity contribution in [3.63, 3.8) is 0 Å². The summed E-state index contributed by atoms with van der Waals surface area (Å²) in [5, 5.41) is 16.5. The molecule has 1 rings (SSSR count). The molecule has 0 saturated heterocycles. The summed E-state index contributed by atoms with van der Waals surface area (Å²) in [5.74, 6) is -2.06. The third-order valence-corrected chi connectivity index (χ3v) is 5.11. The first-order valence-corrected chi connectivity index (χ1v) is 12.4. The van der Waals surface area contributed by atoms with E-state index in [4.69, 9.17) is 19.3 Å². The minimum atomic E-state index is -1.00. The monoisotopic (exact) mass is 533 g/mol. The lowest BCUT2D eigenvalue weighted by molar-refractivity contribution is -0.147. The van der Waals surface area contributed by atoms with Crippen molar-refractivity contribution >= 4 is 23.9 Å². The average molecular weight is 534 g/mol. The molecule has 0 aliphatic heterocycles. The number of ether oxygens (including phenoxy) is 3. The lowest BCUT2D eigenvalue weighted by Crippen LogP contribution is -2.45. The van der Waals surface area contributed by atoms with Crippen LogP contribution in [0.5, 0.6) is 0 Å². The Kier molecular flexibility index (Phi) is 16.5. The smallest absolute Gasteiger partial charge is 0.408 e. The SMILES string of the molecule is C=CC[C@H](CC(=O)NCCOCCO)C(=O)N[C@@H](C)COC(=O)[C@@H](CC=C)NC(=O)OCc1ccccc1. The van der Waals surface area contributed by atoms with E-state index in [2.05, 4.69) is 29.1 Å². The molecule has 0 saturated carbocycles. The van der Waals surface area contributed by atoms with Gasteiger partial charge in [-0.25, -0.2) is 9.59 Å². The van der Waals surface area contributed by atoms with Gasteiger partial charge in [-0.2, -0.15) is 0 Å². The van der Waals surface area contributed by atoms with Gasteiger partial charge in [0.1, 0.15) is 19.3 Å². The Hall–Kier alpha value is -3.70. The molecule has 0 aliphatic rings. The number of nitrogens with one attached hydrogen (secondary N) is 3. The molecule has 1 aromatic carbocycles. The number of hydrogen-bond donors (Lipinski definition) is 4. The van der Waals surface area contributed by atoms with Gasteiger partial charge in [0.25, 0.3) is 0 Å². The third-order valence-electron chi connectivity index (χ3n) is 5.11. The number of aliphatic hydroxyl groups is 1. The van der Waals surface area contributed by atoms with E-state index in [0.29, 0.717) is 0 Å². The maximum absolute atomic E-state index is 12.7. The molecule has 4 N–H and O–H groups in total.